The third kappa shape index (κ3) is 2.36. The molecule has 0 aliphatic heterocycles. The van der Waals surface area contributed by atoms with Gasteiger partial charge in [0.15, 0.2) is 0 Å². The lowest BCUT2D eigenvalue weighted by Crippen LogP contribution is -2.29. The van der Waals surface area contributed by atoms with Crippen molar-refractivity contribution in [2.75, 3.05) is 7.05 Å². The number of sulfonamides is 1. The van der Waals surface area contributed by atoms with E-state index in [4.69, 9.17) is 5.11 Å². The lowest BCUT2D eigenvalue weighted by atomic mass is 10.1. The number of aliphatic hydroxyl groups is 1. The number of hydrogen-bond acceptors (Lipinski definition) is 3. The summed E-state index contributed by atoms with van der Waals surface area (Å²) in [4.78, 5) is 0.265. The van der Waals surface area contributed by atoms with Crippen molar-refractivity contribution in [2.45, 2.75) is 37.3 Å². The first-order chi connectivity index (χ1) is 7.96. The standard InChI is InChI=1S/C12H17NO3S/c1-9-3-6-12(7-10(9)8-14)17(15,16)13(2)11-4-5-11/h3,6-7,11,14H,4-5,8H2,1-2H3. The lowest BCUT2D eigenvalue weighted by Gasteiger charge is -2.17. The lowest BCUT2D eigenvalue weighted by molar-refractivity contribution is 0.280. The van der Waals surface area contributed by atoms with Crippen molar-refractivity contribution in [1.82, 2.24) is 4.31 Å². The van der Waals surface area contributed by atoms with Crippen molar-refractivity contribution < 1.29 is 13.5 Å². The van der Waals surface area contributed by atoms with Crippen LogP contribution in [-0.2, 0) is 16.6 Å². The quantitative estimate of drug-likeness (QED) is 0.881. The van der Waals surface area contributed by atoms with E-state index < -0.39 is 10.0 Å². The van der Waals surface area contributed by atoms with Gasteiger partial charge in [-0.3, -0.25) is 0 Å². The number of aliphatic hydroxyl groups excluding tert-OH is 1. The maximum Gasteiger partial charge on any atom is 0.243 e. The molecule has 0 atom stereocenters. The van der Waals surface area contributed by atoms with Crippen molar-refractivity contribution in [2.24, 2.45) is 0 Å². The predicted octanol–water partition coefficient (Wildman–Crippen LogP) is 1.27. The number of hydrogen-bond donors (Lipinski definition) is 1. The average Bonchev–Trinajstić information content (AvgIpc) is 3.12. The number of aryl methyl sites for hydroxylation is 1. The molecule has 1 fully saturated rings. The number of benzene rings is 1. The molecule has 17 heavy (non-hydrogen) atoms. The molecule has 2 rings (SSSR count). The number of rotatable bonds is 4. The maximum absolute atomic E-state index is 12.2. The summed E-state index contributed by atoms with van der Waals surface area (Å²) in [5.41, 5.74) is 1.57. The Hall–Kier alpha value is -0.910. The van der Waals surface area contributed by atoms with E-state index in [1.807, 2.05) is 6.92 Å². The summed E-state index contributed by atoms with van der Waals surface area (Å²) >= 11 is 0. The first-order valence-electron chi connectivity index (χ1n) is 5.65. The molecule has 1 aromatic carbocycles. The highest BCUT2D eigenvalue weighted by atomic mass is 32.2. The highest BCUT2D eigenvalue weighted by Gasteiger charge is 2.35. The van der Waals surface area contributed by atoms with Gasteiger partial charge in [-0.25, -0.2) is 8.42 Å². The van der Waals surface area contributed by atoms with Crippen LogP contribution in [-0.4, -0.2) is 30.9 Å². The van der Waals surface area contributed by atoms with Crippen LogP contribution >= 0.6 is 0 Å². The Bertz CT molecular complexity index is 521. The van der Waals surface area contributed by atoms with Crippen molar-refractivity contribution >= 4 is 10.0 Å². The summed E-state index contributed by atoms with van der Waals surface area (Å²) in [6.07, 6.45) is 1.88. The van der Waals surface area contributed by atoms with Crippen LogP contribution in [0.2, 0.25) is 0 Å². The number of nitrogens with zero attached hydrogens (tertiary/aromatic N) is 1. The Morgan fingerprint density at radius 1 is 1.41 bits per heavy atom. The largest absolute Gasteiger partial charge is 0.392 e. The smallest absolute Gasteiger partial charge is 0.243 e. The van der Waals surface area contributed by atoms with Crippen LogP contribution in [0, 0.1) is 6.92 Å². The summed E-state index contributed by atoms with van der Waals surface area (Å²) < 4.78 is 25.9. The van der Waals surface area contributed by atoms with E-state index in [0.717, 1.165) is 18.4 Å². The Morgan fingerprint density at radius 3 is 2.59 bits per heavy atom. The summed E-state index contributed by atoms with van der Waals surface area (Å²) in [6.45, 7) is 1.72. The van der Waals surface area contributed by atoms with Crippen molar-refractivity contribution in [3.8, 4) is 0 Å². The molecule has 0 aromatic heterocycles. The van der Waals surface area contributed by atoms with Crippen LogP contribution < -0.4 is 0 Å². The summed E-state index contributed by atoms with van der Waals surface area (Å²) in [5.74, 6) is 0. The molecule has 0 saturated heterocycles. The zero-order chi connectivity index (χ0) is 12.6. The molecule has 0 unspecified atom stereocenters. The third-order valence-electron chi connectivity index (χ3n) is 3.23. The zero-order valence-corrected chi connectivity index (χ0v) is 10.9. The van der Waals surface area contributed by atoms with Gasteiger partial charge in [-0.2, -0.15) is 4.31 Å². The van der Waals surface area contributed by atoms with Crippen LogP contribution in [0.1, 0.15) is 24.0 Å². The van der Waals surface area contributed by atoms with E-state index in [0.29, 0.717) is 5.56 Å². The second-order valence-electron chi connectivity index (χ2n) is 4.50. The van der Waals surface area contributed by atoms with Gasteiger partial charge in [0.1, 0.15) is 0 Å². The molecular formula is C12H17NO3S. The zero-order valence-electron chi connectivity index (χ0n) is 10.0. The fraction of sp³-hybridized carbons (Fsp3) is 0.500. The summed E-state index contributed by atoms with van der Waals surface area (Å²) in [7, 11) is -1.79. The molecule has 94 valence electrons. The van der Waals surface area contributed by atoms with Gasteiger partial charge >= 0.3 is 0 Å². The highest BCUT2D eigenvalue weighted by molar-refractivity contribution is 7.89. The maximum atomic E-state index is 12.2. The topological polar surface area (TPSA) is 57.6 Å². The van der Waals surface area contributed by atoms with E-state index in [9.17, 15) is 8.42 Å². The molecule has 0 radical (unpaired) electrons. The van der Waals surface area contributed by atoms with Gasteiger partial charge in [0.25, 0.3) is 0 Å². The summed E-state index contributed by atoms with van der Waals surface area (Å²) in [5, 5.41) is 9.16. The van der Waals surface area contributed by atoms with Gasteiger partial charge in [-0.05, 0) is 43.0 Å². The third-order valence-corrected chi connectivity index (χ3v) is 5.14. The van der Waals surface area contributed by atoms with Gasteiger partial charge in [0.05, 0.1) is 11.5 Å². The molecule has 0 spiro atoms. The minimum absolute atomic E-state index is 0.137. The Morgan fingerprint density at radius 2 is 2.06 bits per heavy atom. The molecule has 0 amide bonds. The Balaban J connectivity index is 2.38. The van der Waals surface area contributed by atoms with Gasteiger partial charge < -0.3 is 5.11 Å². The molecule has 1 N–H and O–H groups in total. The second kappa shape index (κ2) is 4.40. The van der Waals surface area contributed by atoms with Crippen molar-refractivity contribution in [3.63, 3.8) is 0 Å². The molecule has 1 aromatic rings. The van der Waals surface area contributed by atoms with E-state index >= 15 is 0 Å². The van der Waals surface area contributed by atoms with Gasteiger partial charge in [0.2, 0.25) is 10.0 Å². The van der Waals surface area contributed by atoms with E-state index in [-0.39, 0.29) is 17.5 Å². The first kappa shape index (κ1) is 12.5. The molecule has 1 aliphatic rings. The Kier molecular flexibility index (Phi) is 3.25. The van der Waals surface area contributed by atoms with Crippen LogP contribution in [0.15, 0.2) is 23.1 Å². The molecule has 5 heteroatoms. The van der Waals surface area contributed by atoms with E-state index in [1.165, 1.54) is 4.31 Å². The van der Waals surface area contributed by atoms with Gasteiger partial charge in [-0.15, -0.1) is 0 Å². The fourth-order valence-electron chi connectivity index (χ4n) is 1.78. The van der Waals surface area contributed by atoms with Crippen molar-refractivity contribution in [3.05, 3.63) is 29.3 Å². The van der Waals surface area contributed by atoms with Crippen LogP contribution in [0.5, 0.6) is 0 Å². The van der Waals surface area contributed by atoms with E-state index in [2.05, 4.69) is 0 Å². The van der Waals surface area contributed by atoms with Crippen LogP contribution in [0.25, 0.3) is 0 Å². The van der Waals surface area contributed by atoms with Crippen molar-refractivity contribution in [1.29, 1.82) is 0 Å². The highest BCUT2D eigenvalue weighted by Crippen LogP contribution is 2.30. The molecular weight excluding hydrogens is 238 g/mol. The molecule has 0 bridgehead atoms. The van der Waals surface area contributed by atoms with E-state index in [1.54, 1.807) is 25.2 Å². The summed E-state index contributed by atoms with van der Waals surface area (Å²) in [6, 6.07) is 5.05. The normalized spacial score (nSPS) is 16.5. The molecule has 4 nitrogen and oxygen atoms in total. The molecule has 1 aliphatic carbocycles. The van der Waals surface area contributed by atoms with Gasteiger partial charge in [0, 0.05) is 13.1 Å². The van der Waals surface area contributed by atoms with Crippen LogP contribution in [0.4, 0.5) is 0 Å². The van der Waals surface area contributed by atoms with Crippen LogP contribution in [0.3, 0.4) is 0 Å². The average molecular weight is 255 g/mol. The first-order valence-corrected chi connectivity index (χ1v) is 7.09. The van der Waals surface area contributed by atoms with Gasteiger partial charge in [-0.1, -0.05) is 6.07 Å². The predicted molar refractivity (Wildman–Crippen MR) is 65.1 cm³/mol. The monoisotopic (exact) mass is 255 g/mol. The molecule has 1 saturated carbocycles. The SMILES string of the molecule is Cc1ccc(S(=O)(=O)N(C)C2CC2)cc1CO. The fourth-order valence-corrected chi connectivity index (χ4v) is 3.25. The Labute approximate surface area is 102 Å². The molecule has 0 heterocycles. The second-order valence-corrected chi connectivity index (χ2v) is 6.50. The minimum atomic E-state index is -3.40. The minimum Gasteiger partial charge on any atom is -0.392 e.